The molecule has 0 aliphatic carbocycles. The molecule has 7 heteroatoms. The van der Waals surface area contributed by atoms with E-state index >= 15 is 0 Å². The minimum atomic E-state index is -1.08. The highest BCUT2D eigenvalue weighted by Crippen LogP contribution is 2.27. The van der Waals surface area contributed by atoms with Gasteiger partial charge in [-0.1, -0.05) is 11.6 Å². The summed E-state index contributed by atoms with van der Waals surface area (Å²) >= 11 is 5.86. The highest BCUT2D eigenvalue weighted by molar-refractivity contribution is 6.32. The molecule has 2 N–H and O–H groups in total. The molecule has 0 saturated carbocycles. The summed E-state index contributed by atoms with van der Waals surface area (Å²) in [4.78, 5) is 23.7. The summed E-state index contributed by atoms with van der Waals surface area (Å²) in [5, 5.41) is 11.8. The number of carbonyl (C=O) groups excluding carboxylic acids is 1. The number of hydrogen-bond acceptors (Lipinski definition) is 3. The number of nitrogens with zero attached hydrogens (tertiary/aromatic N) is 1. The molecule has 0 aliphatic rings. The lowest BCUT2D eigenvalue weighted by Gasteiger charge is -2.22. The Morgan fingerprint density at radius 2 is 2.11 bits per heavy atom. The Morgan fingerprint density at radius 3 is 2.63 bits per heavy atom. The molecular weight excluding hydrogens is 272 g/mol. The Kier molecular flexibility index (Phi) is 5.00. The Balaban J connectivity index is 2.79. The standard InChI is InChI=1S/C12H15ClN2O4/c1-7(11(16)17)15(2)12(18)14-8-4-5-9(13)10(6-8)19-3/h4-7H,1-3H3,(H,14,18)(H,16,17). The number of urea groups is 1. The van der Waals surface area contributed by atoms with E-state index < -0.39 is 18.0 Å². The molecule has 1 aromatic carbocycles. The summed E-state index contributed by atoms with van der Waals surface area (Å²) in [6.45, 7) is 1.42. The Morgan fingerprint density at radius 1 is 1.47 bits per heavy atom. The van der Waals surface area contributed by atoms with Crippen LogP contribution in [0, 0.1) is 0 Å². The van der Waals surface area contributed by atoms with Crippen LogP contribution < -0.4 is 10.1 Å². The molecule has 0 aliphatic heterocycles. The first kappa shape index (κ1) is 15.1. The highest BCUT2D eigenvalue weighted by atomic mass is 35.5. The number of ether oxygens (including phenoxy) is 1. The van der Waals surface area contributed by atoms with Crippen molar-refractivity contribution in [2.45, 2.75) is 13.0 Å². The third kappa shape index (κ3) is 3.75. The number of amides is 2. The van der Waals surface area contributed by atoms with E-state index in [1.807, 2.05) is 0 Å². The molecule has 0 spiro atoms. The van der Waals surface area contributed by atoms with E-state index in [9.17, 15) is 9.59 Å². The Bertz CT molecular complexity index is 493. The molecule has 1 aromatic rings. The van der Waals surface area contributed by atoms with Crippen LogP contribution in [0.3, 0.4) is 0 Å². The van der Waals surface area contributed by atoms with Crippen molar-refractivity contribution in [3.05, 3.63) is 23.2 Å². The van der Waals surface area contributed by atoms with Gasteiger partial charge in [0.1, 0.15) is 11.8 Å². The van der Waals surface area contributed by atoms with Crippen molar-refractivity contribution in [3.8, 4) is 5.75 Å². The number of carbonyl (C=O) groups is 2. The van der Waals surface area contributed by atoms with Crippen LogP contribution in [0.5, 0.6) is 5.75 Å². The minimum Gasteiger partial charge on any atom is -0.495 e. The van der Waals surface area contributed by atoms with Crippen molar-refractivity contribution in [1.82, 2.24) is 4.90 Å². The zero-order valence-corrected chi connectivity index (χ0v) is 11.6. The number of methoxy groups -OCH3 is 1. The van der Waals surface area contributed by atoms with Crippen LogP contribution in [0.2, 0.25) is 5.02 Å². The molecule has 0 aromatic heterocycles. The van der Waals surface area contributed by atoms with Gasteiger partial charge in [-0.05, 0) is 19.1 Å². The van der Waals surface area contributed by atoms with Gasteiger partial charge in [-0.25, -0.2) is 9.59 Å². The van der Waals surface area contributed by atoms with Gasteiger partial charge in [0, 0.05) is 18.8 Å². The lowest BCUT2D eigenvalue weighted by Crippen LogP contribution is -2.42. The summed E-state index contributed by atoms with van der Waals surface area (Å²) in [6, 6.07) is 3.28. The third-order valence-corrected chi connectivity index (χ3v) is 2.97. The molecule has 0 radical (unpaired) electrons. The van der Waals surface area contributed by atoms with Gasteiger partial charge in [0.2, 0.25) is 0 Å². The van der Waals surface area contributed by atoms with Gasteiger partial charge in [-0.15, -0.1) is 0 Å². The second-order valence-corrected chi connectivity index (χ2v) is 4.31. The smallest absolute Gasteiger partial charge is 0.326 e. The molecule has 0 heterocycles. The van der Waals surface area contributed by atoms with Crippen LogP contribution in [-0.4, -0.2) is 42.2 Å². The molecule has 0 bridgehead atoms. The maximum absolute atomic E-state index is 11.8. The second kappa shape index (κ2) is 6.29. The van der Waals surface area contributed by atoms with Gasteiger partial charge < -0.3 is 20.1 Å². The third-order valence-electron chi connectivity index (χ3n) is 2.66. The van der Waals surface area contributed by atoms with Gasteiger partial charge >= 0.3 is 12.0 Å². The van der Waals surface area contributed by atoms with Crippen molar-refractivity contribution in [2.75, 3.05) is 19.5 Å². The van der Waals surface area contributed by atoms with E-state index in [0.717, 1.165) is 4.90 Å². The molecule has 19 heavy (non-hydrogen) atoms. The van der Waals surface area contributed by atoms with Crippen LogP contribution >= 0.6 is 11.6 Å². The number of nitrogens with one attached hydrogen (secondary N) is 1. The quantitative estimate of drug-likeness (QED) is 0.890. The number of carboxylic acids is 1. The number of carboxylic acid groups (broad SMARTS) is 1. The maximum atomic E-state index is 11.8. The predicted molar refractivity (Wildman–Crippen MR) is 71.9 cm³/mol. The van der Waals surface area contributed by atoms with Crippen molar-refractivity contribution >= 4 is 29.3 Å². The molecule has 1 rings (SSSR count). The summed E-state index contributed by atoms with van der Waals surface area (Å²) in [5.74, 6) is -0.653. The van der Waals surface area contributed by atoms with E-state index in [2.05, 4.69) is 5.32 Å². The topological polar surface area (TPSA) is 78.9 Å². The molecule has 1 atom stereocenters. The number of likely N-dealkylation sites (N-methyl/N-ethyl adjacent to an activating group) is 1. The van der Waals surface area contributed by atoms with Crippen molar-refractivity contribution < 1.29 is 19.4 Å². The molecular formula is C12H15ClN2O4. The Hall–Kier alpha value is -1.95. The van der Waals surface area contributed by atoms with Crippen LogP contribution in [0.1, 0.15) is 6.92 Å². The average molecular weight is 287 g/mol. The van der Waals surface area contributed by atoms with E-state index in [-0.39, 0.29) is 0 Å². The SMILES string of the molecule is COc1cc(NC(=O)N(C)C(C)C(=O)O)ccc1Cl. The van der Waals surface area contributed by atoms with Crippen LogP contribution in [0.25, 0.3) is 0 Å². The lowest BCUT2D eigenvalue weighted by molar-refractivity contribution is -0.141. The first-order chi connectivity index (χ1) is 8.86. The summed E-state index contributed by atoms with van der Waals surface area (Å²) in [5.41, 5.74) is 0.468. The van der Waals surface area contributed by atoms with Crippen molar-refractivity contribution in [2.24, 2.45) is 0 Å². The van der Waals surface area contributed by atoms with E-state index in [1.165, 1.54) is 21.1 Å². The van der Waals surface area contributed by atoms with Crippen LogP contribution in [0.4, 0.5) is 10.5 Å². The molecule has 0 fully saturated rings. The summed E-state index contributed by atoms with van der Waals surface area (Å²) in [6.07, 6.45) is 0. The largest absolute Gasteiger partial charge is 0.495 e. The normalized spacial score (nSPS) is 11.6. The summed E-state index contributed by atoms with van der Waals surface area (Å²) in [7, 11) is 2.87. The minimum absolute atomic E-state index is 0.424. The number of anilines is 1. The highest BCUT2D eigenvalue weighted by Gasteiger charge is 2.21. The van der Waals surface area contributed by atoms with Gasteiger partial charge in [0.25, 0.3) is 0 Å². The Labute approximate surface area is 115 Å². The molecule has 2 amide bonds. The average Bonchev–Trinajstić information content (AvgIpc) is 2.38. The van der Waals surface area contributed by atoms with Crippen molar-refractivity contribution in [3.63, 3.8) is 0 Å². The van der Waals surface area contributed by atoms with Gasteiger partial charge in [0.15, 0.2) is 0 Å². The van der Waals surface area contributed by atoms with E-state index in [1.54, 1.807) is 18.2 Å². The van der Waals surface area contributed by atoms with E-state index in [4.69, 9.17) is 21.4 Å². The molecule has 6 nitrogen and oxygen atoms in total. The second-order valence-electron chi connectivity index (χ2n) is 3.90. The predicted octanol–water partition coefficient (Wildman–Crippen LogP) is 2.29. The number of rotatable bonds is 4. The molecule has 0 saturated heterocycles. The van der Waals surface area contributed by atoms with Crippen LogP contribution in [-0.2, 0) is 4.79 Å². The van der Waals surface area contributed by atoms with Gasteiger partial charge in [-0.3, -0.25) is 0 Å². The lowest BCUT2D eigenvalue weighted by atomic mass is 10.3. The number of benzene rings is 1. The van der Waals surface area contributed by atoms with Crippen molar-refractivity contribution in [1.29, 1.82) is 0 Å². The first-order valence-corrected chi connectivity index (χ1v) is 5.84. The fraction of sp³-hybridized carbons (Fsp3) is 0.333. The van der Waals surface area contributed by atoms with E-state index in [0.29, 0.717) is 16.5 Å². The van der Waals surface area contributed by atoms with Gasteiger partial charge in [-0.2, -0.15) is 0 Å². The number of hydrogen-bond donors (Lipinski definition) is 2. The van der Waals surface area contributed by atoms with Gasteiger partial charge in [0.05, 0.1) is 12.1 Å². The molecule has 1 unspecified atom stereocenters. The molecule has 104 valence electrons. The van der Waals surface area contributed by atoms with Crippen LogP contribution in [0.15, 0.2) is 18.2 Å². The summed E-state index contributed by atoms with van der Waals surface area (Å²) < 4.78 is 5.02. The number of aliphatic carboxylic acids is 1. The monoisotopic (exact) mass is 286 g/mol. The number of halogens is 1. The maximum Gasteiger partial charge on any atom is 0.326 e. The fourth-order valence-electron chi connectivity index (χ4n) is 1.29. The fourth-order valence-corrected chi connectivity index (χ4v) is 1.49. The first-order valence-electron chi connectivity index (χ1n) is 5.47. The zero-order valence-electron chi connectivity index (χ0n) is 10.8. The zero-order chi connectivity index (χ0) is 14.6.